The van der Waals surface area contributed by atoms with Crippen LogP contribution in [0.5, 0.6) is 0 Å². The van der Waals surface area contributed by atoms with Gasteiger partial charge < -0.3 is 10.2 Å². The van der Waals surface area contributed by atoms with Crippen molar-refractivity contribution < 1.29 is 4.79 Å². The number of hydrogen-bond acceptors (Lipinski definition) is 5. The van der Waals surface area contributed by atoms with Crippen molar-refractivity contribution in [2.24, 2.45) is 0 Å². The second-order valence-corrected chi connectivity index (χ2v) is 9.77. The Morgan fingerprint density at radius 2 is 1.77 bits per heavy atom. The second-order valence-electron chi connectivity index (χ2n) is 9.77. The Hall–Kier alpha value is -4.46. The molecule has 0 aliphatic rings. The molecule has 0 saturated heterocycles. The van der Waals surface area contributed by atoms with Crippen LogP contribution in [0.2, 0.25) is 0 Å². The molecule has 200 valence electrons. The van der Waals surface area contributed by atoms with Gasteiger partial charge >= 0.3 is 0 Å². The summed E-state index contributed by atoms with van der Waals surface area (Å²) in [6.45, 7) is 7.04. The van der Waals surface area contributed by atoms with E-state index in [1.165, 1.54) is 11.3 Å². The number of carbonyl (C=O) groups is 1. The Morgan fingerprint density at radius 1 is 0.974 bits per heavy atom. The van der Waals surface area contributed by atoms with Gasteiger partial charge in [-0.3, -0.25) is 18.6 Å². The fraction of sp³-hybridized carbons (Fsp3) is 0.290. The van der Waals surface area contributed by atoms with E-state index in [4.69, 9.17) is 0 Å². The van der Waals surface area contributed by atoms with Crippen molar-refractivity contribution in [3.8, 4) is 0 Å². The van der Waals surface area contributed by atoms with Gasteiger partial charge in [0.05, 0.1) is 17.4 Å². The molecule has 0 atom stereocenters. The zero-order valence-corrected chi connectivity index (χ0v) is 22.5. The van der Waals surface area contributed by atoms with Gasteiger partial charge in [0.2, 0.25) is 11.7 Å². The van der Waals surface area contributed by atoms with Crippen LogP contribution < -0.4 is 15.8 Å². The zero-order chi connectivity index (χ0) is 27.2. The summed E-state index contributed by atoms with van der Waals surface area (Å²) in [5.41, 5.74) is 4.10. The lowest BCUT2D eigenvalue weighted by molar-refractivity contribution is -0.121. The fourth-order valence-corrected chi connectivity index (χ4v) is 4.99. The van der Waals surface area contributed by atoms with Gasteiger partial charge in [0.15, 0.2) is 0 Å². The van der Waals surface area contributed by atoms with E-state index in [0.29, 0.717) is 42.9 Å². The molecule has 0 bridgehead atoms. The van der Waals surface area contributed by atoms with Crippen LogP contribution in [0.3, 0.4) is 0 Å². The lowest BCUT2D eigenvalue weighted by Gasteiger charge is -2.23. The molecule has 1 N–H and O–H groups in total. The van der Waals surface area contributed by atoms with Gasteiger partial charge in [-0.2, -0.15) is 0 Å². The van der Waals surface area contributed by atoms with Crippen LogP contribution in [0.4, 0.5) is 5.69 Å². The third-order valence-electron chi connectivity index (χ3n) is 7.01. The first-order chi connectivity index (χ1) is 19.0. The first-order valence-electron chi connectivity index (χ1n) is 13.5. The molecule has 0 fully saturated rings. The van der Waals surface area contributed by atoms with E-state index in [1.54, 1.807) is 4.57 Å². The number of rotatable bonds is 11. The molecule has 39 heavy (non-hydrogen) atoms. The van der Waals surface area contributed by atoms with Crippen molar-refractivity contribution in [2.75, 3.05) is 24.5 Å². The minimum atomic E-state index is -0.106. The quantitative estimate of drug-likeness (QED) is 0.261. The standard InChI is InChI=1S/C31H34N6O2/c1-3-35(25-14-9-11-23(2)21-25)20-10-19-32-29(38)18-17-28-33-34-31-36(22-24-12-5-4-6-13-24)30(39)26-15-7-8-16-27(26)37(28)31/h4-9,11-16,21H,3,10,17-20,22H2,1-2H3,(H,32,38). The van der Waals surface area contributed by atoms with Crippen LogP contribution in [0.1, 0.15) is 36.7 Å². The Kier molecular flexibility index (Phi) is 8.01. The molecule has 0 aliphatic heterocycles. The van der Waals surface area contributed by atoms with E-state index in [0.717, 1.165) is 30.6 Å². The van der Waals surface area contributed by atoms with Gasteiger partial charge in [-0.05, 0) is 55.7 Å². The minimum absolute atomic E-state index is 0.0210. The maximum atomic E-state index is 13.4. The average Bonchev–Trinajstić information content (AvgIpc) is 3.39. The summed E-state index contributed by atoms with van der Waals surface area (Å²) in [4.78, 5) is 28.4. The van der Waals surface area contributed by atoms with Crippen molar-refractivity contribution in [1.82, 2.24) is 24.5 Å². The summed E-state index contributed by atoms with van der Waals surface area (Å²) in [5, 5.41) is 12.4. The van der Waals surface area contributed by atoms with Crippen molar-refractivity contribution in [2.45, 2.75) is 39.7 Å². The Balaban J connectivity index is 1.26. The molecule has 5 aromatic rings. The number of fused-ring (bicyclic) bond motifs is 3. The highest BCUT2D eigenvalue weighted by molar-refractivity contribution is 5.80. The summed E-state index contributed by atoms with van der Waals surface area (Å²) in [7, 11) is 0. The third kappa shape index (κ3) is 5.85. The molecular formula is C31H34N6O2. The number of aromatic nitrogens is 4. The Labute approximate surface area is 227 Å². The van der Waals surface area contributed by atoms with E-state index in [-0.39, 0.29) is 11.5 Å². The molecule has 1 amide bonds. The summed E-state index contributed by atoms with van der Waals surface area (Å²) in [5.74, 6) is 1.12. The number of nitrogens with zero attached hydrogens (tertiary/aromatic N) is 5. The first kappa shape index (κ1) is 26.2. The van der Waals surface area contributed by atoms with Gasteiger partial charge in [0.25, 0.3) is 5.56 Å². The van der Waals surface area contributed by atoms with Crippen molar-refractivity contribution >= 4 is 28.3 Å². The highest BCUT2D eigenvalue weighted by Gasteiger charge is 2.17. The Bertz CT molecular complexity index is 1640. The van der Waals surface area contributed by atoms with Gasteiger partial charge in [-0.1, -0.05) is 54.6 Å². The number of benzene rings is 3. The number of anilines is 1. The first-order valence-corrected chi connectivity index (χ1v) is 13.5. The second kappa shape index (κ2) is 11.9. The summed E-state index contributed by atoms with van der Waals surface area (Å²) < 4.78 is 3.57. The van der Waals surface area contributed by atoms with Crippen LogP contribution in [0, 0.1) is 6.92 Å². The van der Waals surface area contributed by atoms with E-state index in [9.17, 15) is 9.59 Å². The smallest absolute Gasteiger partial charge is 0.263 e. The van der Waals surface area contributed by atoms with E-state index >= 15 is 0 Å². The number of nitrogens with one attached hydrogen (secondary N) is 1. The predicted molar refractivity (Wildman–Crippen MR) is 155 cm³/mol. The number of aryl methyl sites for hydroxylation is 2. The third-order valence-corrected chi connectivity index (χ3v) is 7.01. The maximum absolute atomic E-state index is 13.4. The molecule has 0 radical (unpaired) electrons. The number of carbonyl (C=O) groups excluding carboxylic acids is 1. The average molecular weight is 523 g/mol. The van der Waals surface area contributed by atoms with Crippen molar-refractivity contribution in [1.29, 1.82) is 0 Å². The lowest BCUT2D eigenvalue weighted by Crippen LogP contribution is -2.30. The summed E-state index contributed by atoms with van der Waals surface area (Å²) >= 11 is 0. The topological polar surface area (TPSA) is 84.5 Å². The van der Waals surface area contributed by atoms with Gasteiger partial charge in [0.1, 0.15) is 5.82 Å². The van der Waals surface area contributed by atoms with Gasteiger partial charge in [0, 0.05) is 38.2 Å². The SMILES string of the molecule is CCN(CCCNC(=O)CCc1nnc2n(Cc3ccccc3)c(=O)c3ccccc3n12)c1cccc(C)c1. The molecule has 2 heterocycles. The van der Waals surface area contributed by atoms with Crippen LogP contribution in [0.25, 0.3) is 16.7 Å². The van der Waals surface area contributed by atoms with Crippen molar-refractivity contribution in [3.63, 3.8) is 0 Å². The lowest BCUT2D eigenvalue weighted by atomic mass is 10.2. The normalized spacial score (nSPS) is 11.2. The summed E-state index contributed by atoms with van der Waals surface area (Å²) in [6.07, 6.45) is 1.57. The van der Waals surface area contributed by atoms with Crippen LogP contribution in [-0.2, 0) is 17.8 Å². The molecule has 2 aromatic heterocycles. The summed E-state index contributed by atoms with van der Waals surface area (Å²) in [6, 6.07) is 25.8. The Morgan fingerprint density at radius 3 is 2.56 bits per heavy atom. The van der Waals surface area contributed by atoms with Gasteiger partial charge in [-0.15, -0.1) is 10.2 Å². The monoisotopic (exact) mass is 522 g/mol. The molecular weight excluding hydrogens is 488 g/mol. The molecule has 8 nitrogen and oxygen atoms in total. The van der Waals surface area contributed by atoms with Crippen LogP contribution >= 0.6 is 0 Å². The van der Waals surface area contributed by atoms with E-state index < -0.39 is 0 Å². The van der Waals surface area contributed by atoms with Crippen LogP contribution in [-0.4, -0.2) is 44.7 Å². The predicted octanol–water partition coefficient (Wildman–Crippen LogP) is 4.37. The molecule has 8 heteroatoms. The van der Waals surface area contributed by atoms with E-state index in [2.05, 4.69) is 58.5 Å². The molecule has 0 aliphatic carbocycles. The minimum Gasteiger partial charge on any atom is -0.372 e. The molecule has 0 unspecified atom stereocenters. The van der Waals surface area contributed by atoms with Crippen LogP contribution in [0.15, 0.2) is 83.7 Å². The van der Waals surface area contributed by atoms with E-state index in [1.807, 2.05) is 59.0 Å². The molecule has 0 saturated carbocycles. The molecule has 5 rings (SSSR count). The highest BCUT2D eigenvalue weighted by atomic mass is 16.1. The zero-order valence-electron chi connectivity index (χ0n) is 22.5. The fourth-order valence-electron chi connectivity index (χ4n) is 4.99. The van der Waals surface area contributed by atoms with Gasteiger partial charge in [-0.25, -0.2) is 0 Å². The molecule has 0 spiro atoms. The largest absolute Gasteiger partial charge is 0.372 e. The number of para-hydroxylation sites is 1. The molecule has 3 aromatic carbocycles. The number of amides is 1. The maximum Gasteiger partial charge on any atom is 0.263 e. The number of hydrogen-bond donors (Lipinski definition) is 1. The van der Waals surface area contributed by atoms with Crippen molar-refractivity contribution in [3.05, 3.63) is 106 Å². The highest BCUT2D eigenvalue weighted by Crippen LogP contribution is 2.17.